The average Bonchev–Trinajstić information content (AvgIpc) is 3.54. The number of hydrogen-bond acceptors (Lipinski definition) is 4. The fourth-order valence-electron chi connectivity index (χ4n) is 3.54. The molecule has 1 aliphatic rings. The highest BCUT2D eigenvalue weighted by Gasteiger charge is 2.31. The molecule has 1 fully saturated rings. The third-order valence-electron chi connectivity index (χ3n) is 5.47. The van der Waals surface area contributed by atoms with Crippen LogP contribution < -0.4 is 5.56 Å². The van der Waals surface area contributed by atoms with Gasteiger partial charge in [0.1, 0.15) is 0 Å². The van der Waals surface area contributed by atoms with Crippen LogP contribution in [0.1, 0.15) is 30.9 Å². The fourth-order valence-corrected chi connectivity index (χ4v) is 4.43. The topological polar surface area (TPSA) is 55.2 Å². The standard InChI is InChI=1S/C23H25N3O2S/c1-4-25(17-11-12-17)21(27)14-29-23-24-20-8-6-5-7-19(20)22(28)26(23)18-10-9-15(2)16(3)13-18/h5-10,13,17H,4,11-12,14H2,1-3H3. The summed E-state index contributed by atoms with van der Waals surface area (Å²) in [4.78, 5) is 32.7. The van der Waals surface area contributed by atoms with Gasteiger partial charge in [-0.25, -0.2) is 4.98 Å². The molecule has 0 unspecified atom stereocenters. The maximum atomic E-state index is 13.3. The van der Waals surface area contributed by atoms with Gasteiger partial charge in [-0.05, 0) is 69.0 Å². The number of aryl methyl sites for hydroxylation is 2. The Balaban J connectivity index is 1.76. The zero-order chi connectivity index (χ0) is 20.5. The molecule has 1 amide bonds. The summed E-state index contributed by atoms with van der Waals surface area (Å²) in [7, 11) is 0. The van der Waals surface area contributed by atoms with E-state index in [2.05, 4.69) is 0 Å². The van der Waals surface area contributed by atoms with Crippen molar-refractivity contribution in [3.63, 3.8) is 0 Å². The normalized spacial score (nSPS) is 13.6. The van der Waals surface area contributed by atoms with E-state index in [1.807, 2.05) is 62.1 Å². The maximum absolute atomic E-state index is 13.3. The van der Waals surface area contributed by atoms with Crippen molar-refractivity contribution in [1.82, 2.24) is 14.5 Å². The maximum Gasteiger partial charge on any atom is 0.266 e. The largest absolute Gasteiger partial charge is 0.339 e. The quantitative estimate of drug-likeness (QED) is 0.456. The minimum atomic E-state index is -0.108. The lowest BCUT2D eigenvalue weighted by Crippen LogP contribution is -2.34. The Morgan fingerprint density at radius 2 is 1.93 bits per heavy atom. The smallest absolute Gasteiger partial charge is 0.266 e. The van der Waals surface area contributed by atoms with Gasteiger partial charge in [0.05, 0.1) is 22.3 Å². The molecule has 150 valence electrons. The molecule has 1 heterocycles. The molecule has 1 saturated carbocycles. The summed E-state index contributed by atoms with van der Waals surface area (Å²) < 4.78 is 1.64. The molecule has 0 N–H and O–H groups in total. The van der Waals surface area contributed by atoms with Gasteiger partial charge in [-0.1, -0.05) is 30.0 Å². The van der Waals surface area contributed by atoms with Crippen LogP contribution >= 0.6 is 11.8 Å². The molecule has 0 saturated heterocycles. The predicted octanol–water partition coefficient (Wildman–Crippen LogP) is 4.11. The zero-order valence-corrected chi connectivity index (χ0v) is 17.8. The number of nitrogens with zero attached hydrogens (tertiary/aromatic N) is 3. The lowest BCUT2D eigenvalue weighted by atomic mass is 10.1. The number of aromatic nitrogens is 2. The zero-order valence-electron chi connectivity index (χ0n) is 17.0. The first-order valence-corrected chi connectivity index (χ1v) is 11.0. The Bertz CT molecular complexity index is 1130. The summed E-state index contributed by atoms with van der Waals surface area (Å²) in [5.41, 5.74) is 3.61. The highest BCUT2D eigenvalue weighted by molar-refractivity contribution is 7.99. The van der Waals surface area contributed by atoms with Crippen molar-refractivity contribution in [2.75, 3.05) is 12.3 Å². The molecule has 5 nitrogen and oxygen atoms in total. The van der Waals surface area contributed by atoms with Gasteiger partial charge in [-0.3, -0.25) is 14.2 Å². The third-order valence-corrected chi connectivity index (χ3v) is 6.39. The second-order valence-corrected chi connectivity index (χ2v) is 8.46. The van der Waals surface area contributed by atoms with E-state index in [0.29, 0.717) is 22.1 Å². The van der Waals surface area contributed by atoms with Gasteiger partial charge in [-0.2, -0.15) is 0 Å². The molecule has 0 radical (unpaired) electrons. The van der Waals surface area contributed by atoms with Gasteiger partial charge in [0.2, 0.25) is 5.91 Å². The van der Waals surface area contributed by atoms with Gasteiger partial charge in [0, 0.05) is 12.6 Å². The Morgan fingerprint density at radius 1 is 1.17 bits per heavy atom. The summed E-state index contributed by atoms with van der Waals surface area (Å²) in [6, 6.07) is 13.7. The fraction of sp³-hybridized carbons (Fsp3) is 0.348. The molecule has 4 rings (SSSR count). The molecule has 6 heteroatoms. The Labute approximate surface area is 174 Å². The van der Waals surface area contributed by atoms with Gasteiger partial charge in [-0.15, -0.1) is 0 Å². The first-order valence-electron chi connectivity index (χ1n) is 10.0. The highest BCUT2D eigenvalue weighted by atomic mass is 32.2. The van der Waals surface area contributed by atoms with Crippen molar-refractivity contribution in [1.29, 1.82) is 0 Å². The van der Waals surface area contributed by atoms with Crippen LogP contribution in [0.4, 0.5) is 0 Å². The SMILES string of the molecule is CCN(C(=O)CSc1nc2ccccc2c(=O)n1-c1ccc(C)c(C)c1)C1CC1. The number of rotatable bonds is 6. The van der Waals surface area contributed by atoms with E-state index in [4.69, 9.17) is 4.98 Å². The van der Waals surface area contributed by atoms with Crippen LogP contribution in [0.15, 0.2) is 52.4 Å². The highest BCUT2D eigenvalue weighted by Crippen LogP contribution is 2.28. The second kappa shape index (κ2) is 8.03. The Morgan fingerprint density at radius 3 is 2.62 bits per heavy atom. The van der Waals surface area contributed by atoms with Crippen LogP contribution in [0.2, 0.25) is 0 Å². The lowest BCUT2D eigenvalue weighted by molar-refractivity contribution is -0.128. The van der Waals surface area contributed by atoms with E-state index in [1.165, 1.54) is 17.3 Å². The van der Waals surface area contributed by atoms with E-state index in [0.717, 1.165) is 30.6 Å². The number of carbonyl (C=O) groups excluding carboxylic acids is 1. The number of thioether (sulfide) groups is 1. The summed E-state index contributed by atoms with van der Waals surface area (Å²) in [6.45, 7) is 6.81. The molecular weight excluding hydrogens is 382 g/mol. The second-order valence-electron chi connectivity index (χ2n) is 7.52. The Hall–Kier alpha value is -2.60. The summed E-state index contributed by atoms with van der Waals surface area (Å²) in [6.07, 6.45) is 2.18. The van der Waals surface area contributed by atoms with Gasteiger partial charge in [0.15, 0.2) is 5.16 Å². The first-order chi connectivity index (χ1) is 14.0. The number of carbonyl (C=O) groups is 1. The van der Waals surface area contributed by atoms with E-state index in [-0.39, 0.29) is 17.2 Å². The number of amides is 1. The summed E-state index contributed by atoms with van der Waals surface area (Å²) >= 11 is 1.34. The first kappa shape index (κ1) is 19.7. The molecule has 0 bridgehead atoms. The lowest BCUT2D eigenvalue weighted by Gasteiger charge is -2.20. The van der Waals surface area contributed by atoms with E-state index in [9.17, 15) is 9.59 Å². The van der Waals surface area contributed by atoms with E-state index >= 15 is 0 Å². The molecule has 2 aromatic carbocycles. The predicted molar refractivity (Wildman–Crippen MR) is 118 cm³/mol. The van der Waals surface area contributed by atoms with Gasteiger partial charge < -0.3 is 4.90 Å². The molecule has 0 aliphatic heterocycles. The van der Waals surface area contributed by atoms with Crippen molar-refractivity contribution in [3.8, 4) is 5.69 Å². The summed E-state index contributed by atoms with van der Waals surface area (Å²) in [5, 5.41) is 1.13. The van der Waals surface area contributed by atoms with Gasteiger partial charge >= 0.3 is 0 Å². The van der Waals surface area contributed by atoms with Crippen molar-refractivity contribution in [2.45, 2.75) is 44.8 Å². The Kier molecular flexibility index (Phi) is 5.46. The number of para-hydroxylation sites is 1. The summed E-state index contributed by atoms with van der Waals surface area (Å²) in [5.74, 6) is 0.383. The molecule has 0 spiro atoms. The molecule has 1 aromatic heterocycles. The molecule has 1 aliphatic carbocycles. The molecule has 3 aromatic rings. The number of hydrogen-bond donors (Lipinski definition) is 0. The van der Waals surface area contributed by atoms with Crippen molar-refractivity contribution >= 4 is 28.6 Å². The van der Waals surface area contributed by atoms with E-state index in [1.54, 1.807) is 10.6 Å². The van der Waals surface area contributed by atoms with E-state index < -0.39 is 0 Å². The minimum Gasteiger partial charge on any atom is -0.339 e. The van der Waals surface area contributed by atoms with Crippen LogP contribution in [0.5, 0.6) is 0 Å². The number of benzene rings is 2. The van der Waals surface area contributed by atoms with Crippen LogP contribution in [0.25, 0.3) is 16.6 Å². The van der Waals surface area contributed by atoms with Crippen molar-refractivity contribution < 1.29 is 4.79 Å². The monoisotopic (exact) mass is 407 g/mol. The van der Waals surface area contributed by atoms with Crippen LogP contribution in [0.3, 0.4) is 0 Å². The minimum absolute atomic E-state index is 0.106. The molecule has 29 heavy (non-hydrogen) atoms. The van der Waals surface area contributed by atoms with Crippen LogP contribution in [-0.4, -0.2) is 38.7 Å². The molecule has 0 atom stereocenters. The van der Waals surface area contributed by atoms with Crippen LogP contribution in [-0.2, 0) is 4.79 Å². The third kappa shape index (κ3) is 3.94. The molecular formula is C23H25N3O2S. The number of fused-ring (bicyclic) bond motifs is 1. The average molecular weight is 408 g/mol. The van der Waals surface area contributed by atoms with Crippen molar-refractivity contribution in [3.05, 3.63) is 63.9 Å². The van der Waals surface area contributed by atoms with Crippen LogP contribution in [0, 0.1) is 13.8 Å². The van der Waals surface area contributed by atoms with Crippen molar-refractivity contribution in [2.24, 2.45) is 0 Å². The van der Waals surface area contributed by atoms with Gasteiger partial charge in [0.25, 0.3) is 5.56 Å².